The van der Waals surface area contributed by atoms with Gasteiger partial charge in [-0.25, -0.2) is 9.97 Å². The first kappa shape index (κ1) is 15.6. The summed E-state index contributed by atoms with van der Waals surface area (Å²) in [5.74, 6) is 1.45. The van der Waals surface area contributed by atoms with Crippen molar-refractivity contribution in [2.45, 2.75) is 45.6 Å². The maximum Gasteiger partial charge on any atom is 0.145 e. The molecule has 1 unspecified atom stereocenters. The first-order valence-electron chi connectivity index (χ1n) is 7.79. The van der Waals surface area contributed by atoms with Gasteiger partial charge in [0, 0.05) is 12.4 Å². The Labute approximate surface area is 127 Å². The standard InChI is InChI=1S/C18H25N3/c1-4-10-19-17(18-20-11-5-12-21-18)13-15-6-8-16(9-7-15)14(2)3/h5-9,11-12,14,17,19H,4,10,13H2,1-3H3. The molecule has 3 nitrogen and oxygen atoms in total. The summed E-state index contributed by atoms with van der Waals surface area (Å²) in [6.07, 6.45) is 5.65. The average molecular weight is 283 g/mol. The molecule has 1 aromatic carbocycles. The van der Waals surface area contributed by atoms with Gasteiger partial charge in [0.1, 0.15) is 5.82 Å². The first-order valence-corrected chi connectivity index (χ1v) is 7.79. The van der Waals surface area contributed by atoms with Crippen LogP contribution in [0.25, 0.3) is 0 Å². The molecule has 0 saturated heterocycles. The Morgan fingerprint density at radius 1 is 1.05 bits per heavy atom. The second-order valence-corrected chi connectivity index (χ2v) is 5.71. The summed E-state index contributed by atoms with van der Waals surface area (Å²) in [4.78, 5) is 8.80. The molecule has 2 aromatic rings. The molecule has 0 saturated carbocycles. The zero-order valence-electron chi connectivity index (χ0n) is 13.2. The fraction of sp³-hybridized carbons (Fsp3) is 0.444. The van der Waals surface area contributed by atoms with E-state index in [0.717, 1.165) is 25.2 Å². The van der Waals surface area contributed by atoms with Gasteiger partial charge in [-0.05, 0) is 42.5 Å². The third kappa shape index (κ3) is 4.64. The molecule has 3 heteroatoms. The maximum atomic E-state index is 4.40. The monoisotopic (exact) mass is 283 g/mol. The highest BCUT2D eigenvalue weighted by Crippen LogP contribution is 2.19. The normalized spacial score (nSPS) is 12.6. The van der Waals surface area contributed by atoms with E-state index in [9.17, 15) is 0 Å². The first-order chi connectivity index (χ1) is 10.2. The highest BCUT2D eigenvalue weighted by Gasteiger charge is 2.14. The summed E-state index contributed by atoms with van der Waals surface area (Å²) in [5.41, 5.74) is 2.70. The van der Waals surface area contributed by atoms with Crippen LogP contribution in [-0.2, 0) is 6.42 Å². The Kier molecular flexibility index (Phi) is 5.88. The van der Waals surface area contributed by atoms with Crippen LogP contribution in [0.15, 0.2) is 42.7 Å². The molecule has 1 atom stereocenters. The summed E-state index contributed by atoms with van der Waals surface area (Å²) in [7, 11) is 0. The topological polar surface area (TPSA) is 37.8 Å². The molecule has 1 heterocycles. The molecule has 112 valence electrons. The van der Waals surface area contributed by atoms with E-state index in [-0.39, 0.29) is 6.04 Å². The molecule has 21 heavy (non-hydrogen) atoms. The molecule has 0 bridgehead atoms. The Bertz CT molecular complexity index is 520. The number of hydrogen-bond acceptors (Lipinski definition) is 3. The van der Waals surface area contributed by atoms with Gasteiger partial charge >= 0.3 is 0 Å². The fourth-order valence-electron chi connectivity index (χ4n) is 2.34. The van der Waals surface area contributed by atoms with Crippen LogP contribution in [0.2, 0.25) is 0 Å². The molecule has 0 amide bonds. The number of hydrogen-bond donors (Lipinski definition) is 1. The van der Waals surface area contributed by atoms with Crippen LogP contribution in [0.1, 0.15) is 56.1 Å². The Balaban J connectivity index is 2.11. The maximum absolute atomic E-state index is 4.40. The van der Waals surface area contributed by atoms with Gasteiger partial charge in [-0.2, -0.15) is 0 Å². The van der Waals surface area contributed by atoms with Crippen molar-refractivity contribution in [3.05, 3.63) is 59.7 Å². The van der Waals surface area contributed by atoms with E-state index in [1.165, 1.54) is 11.1 Å². The van der Waals surface area contributed by atoms with Crippen molar-refractivity contribution in [1.82, 2.24) is 15.3 Å². The number of benzene rings is 1. The van der Waals surface area contributed by atoms with Crippen LogP contribution >= 0.6 is 0 Å². The summed E-state index contributed by atoms with van der Waals surface area (Å²) in [5, 5.41) is 3.55. The van der Waals surface area contributed by atoms with Crippen LogP contribution in [0.5, 0.6) is 0 Å². The molecule has 0 aliphatic carbocycles. The minimum atomic E-state index is 0.177. The van der Waals surface area contributed by atoms with Crippen molar-refractivity contribution in [2.75, 3.05) is 6.54 Å². The lowest BCUT2D eigenvalue weighted by Gasteiger charge is -2.17. The predicted molar refractivity (Wildman–Crippen MR) is 87.3 cm³/mol. The minimum absolute atomic E-state index is 0.177. The van der Waals surface area contributed by atoms with Gasteiger partial charge in [-0.1, -0.05) is 45.0 Å². The van der Waals surface area contributed by atoms with Crippen molar-refractivity contribution >= 4 is 0 Å². The highest BCUT2D eigenvalue weighted by atomic mass is 15.0. The van der Waals surface area contributed by atoms with E-state index in [2.05, 4.69) is 60.3 Å². The highest BCUT2D eigenvalue weighted by molar-refractivity contribution is 5.25. The van der Waals surface area contributed by atoms with Crippen molar-refractivity contribution in [3.63, 3.8) is 0 Å². The number of rotatable bonds is 7. The molecule has 1 N–H and O–H groups in total. The van der Waals surface area contributed by atoms with Crippen molar-refractivity contribution < 1.29 is 0 Å². The van der Waals surface area contributed by atoms with Crippen LogP contribution in [-0.4, -0.2) is 16.5 Å². The lowest BCUT2D eigenvalue weighted by Crippen LogP contribution is -2.25. The lowest BCUT2D eigenvalue weighted by atomic mass is 9.99. The summed E-state index contributed by atoms with van der Waals surface area (Å²) < 4.78 is 0. The van der Waals surface area contributed by atoms with E-state index < -0.39 is 0 Å². The smallest absolute Gasteiger partial charge is 0.145 e. The quantitative estimate of drug-likeness (QED) is 0.838. The molecular weight excluding hydrogens is 258 g/mol. The van der Waals surface area contributed by atoms with Crippen molar-refractivity contribution in [2.24, 2.45) is 0 Å². The molecule has 0 radical (unpaired) electrons. The van der Waals surface area contributed by atoms with Gasteiger partial charge < -0.3 is 5.32 Å². The van der Waals surface area contributed by atoms with Gasteiger partial charge in [0.2, 0.25) is 0 Å². The van der Waals surface area contributed by atoms with Crippen molar-refractivity contribution in [3.8, 4) is 0 Å². The predicted octanol–water partition coefficient (Wildman–Crippen LogP) is 3.88. The van der Waals surface area contributed by atoms with E-state index in [0.29, 0.717) is 5.92 Å². The van der Waals surface area contributed by atoms with Crippen LogP contribution < -0.4 is 5.32 Å². The molecule has 0 aliphatic rings. The molecule has 0 fully saturated rings. The van der Waals surface area contributed by atoms with E-state index in [4.69, 9.17) is 0 Å². The number of nitrogens with one attached hydrogen (secondary N) is 1. The van der Waals surface area contributed by atoms with Gasteiger partial charge in [0.05, 0.1) is 6.04 Å². The summed E-state index contributed by atoms with van der Waals surface area (Å²) in [6.45, 7) is 7.59. The molecule has 2 rings (SSSR count). The average Bonchev–Trinajstić information content (AvgIpc) is 2.52. The number of nitrogens with zero attached hydrogens (tertiary/aromatic N) is 2. The second-order valence-electron chi connectivity index (χ2n) is 5.71. The molecular formula is C18H25N3. The molecule has 1 aromatic heterocycles. The van der Waals surface area contributed by atoms with E-state index in [1.807, 2.05) is 18.5 Å². The minimum Gasteiger partial charge on any atom is -0.307 e. The van der Waals surface area contributed by atoms with Crippen LogP contribution in [0.4, 0.5) is 0 Å². The zero-order chi connectivity index (χ0) is 15.1. The Morgan fingerprint density at radius 3 is 2.29 bits per heavy atom. The van der Waals surface area contributed by atoms with E-state index in [1.54, 1.807) is 0 Å². The lowest BCUT2D eigenvalue weighted by molar-refractivity contribution is 0.504. The van der Waals surface area contributed by atoms with Crippen LogP contribution in [0.3, 0.4) is 0 Å². The zero-order valence-corrected chi connectivity index (χ0v) is 13.2. The SMILES string of the molecule is CCCNC(Cc1ccc(C(C)C)cc1)c1ncccn1. The number of aromatic nitrogens is 2. The Hall–Kier alpha value is -1.74. The second kappa shape index (κ2) is 7.89. The molecule has 0 aliphatic heterocycles. The van der Waals surface area contributed by atoms with Gasteiger partial charge in [0.15, 0.2) is 0 Å². The van der Waals surface area contributed by atoms with Crippen molar-refractivity contribution in [1.29, 1.82) is 0 Å². The van der Waals surface area contributed by atoms with Gasteiger partial charge in [-0.3, -0.25) is 0 Å². The molecule has 0 spiro atoms. The van der Waals surface area contributed by atoms with Gasteiger partial charge in [0.25, 0.3) is 0 Å². The largest absolute Gasteiger partial charge is 0.307 e. The summed E-state index contributed by atoms with van der Waals surface area (Å²) in [6, 6.07) is 10.9. The van der Waals surface area contributed by atoms with Crippen LogP contribution in [0, 0.1) is 0 Å². The third-order valence-corrected chi connectivity index (χ3v) is 3.62. The van der Waals surface area contributed by atoms with E-state index >= 15 is 0 Å². The third-order valence-electron chi connectivity index (χ3n) is 3.62. The van der Waals surface area contributed by atoms with Gasteiger partial charge in [-0.15, -0.1) is 0 Å². The summed E-state index contributed by atoms with van der Waals surface area (Å²) >= 11 is 0. The fourth-order valence-corrected chi connectivity index (χ4v) is 2.34. The Morgan fingerprint density at radius 2 is 1.71 bits per heavy atom.